The van der Waals surface area contributed by atoms with Gasteiger partial charge in [-0.3, -0.25) is 9.59 Å². The van der Waals surface area contributed by atoms with Gasteiger partial charge in [-0.25, -0.2) is 9.97 Å². The normalized spacial score (nSPS) is 14.9. The highest BCUT2D eigenvalue weighted by molar-refractivity contribution is 8.00. The van der Waals surface area contributed by atoms with Gasteiger partial charge in [0.25, 0.3) is 0 Å². The third-order valence-corrected chi connectivity index (χ3v) is 8.43. The Labute approximate surface area is 199 Å². The van der Waals surface area contributed by atoms with Crippen LogP contribution in [0.15, 0.2) is 27.9 Å². The standard InChI is InChI=1S/C23H25N3O3S3/c1-4-29-21(28)17-7-8-18-20(17)26-22(32-18)25-19(27)10-16-12-31-23(24-16)30-11-15-9-13(2)5-6-14(15)3/h5-6,9,12,17H,4,7-8,10-11H2,1-3H3,(H,25,26,27). The topological polar surface area (TPSA) is 81.2 Å². The van der Waals surface area contributed by atoms with Gasteiger partial charge >= 0.3 is 5.97 Å². The molecule has 0 spiro atoms. The van der Waals surface area contributed by atoms with Crippen LogP contribution in [0.2, 0.25) is 0 Å². The van der Waals surface area contributed by atoms with Crippen molar-refractivity contribution in [1.82, 2.24) is 9.97 Å². The predicted molar refractivity (Wildman–Crippen MR) is 130 cm³/mol. The molecule has 1 aliphatic carbocycles. The molecule has 6 nitrogen and oxygen atoms in total. The van der Waals surface area contributed by atoms with Gasteiger partial charge in [-0.05, 0) is 44.7 Å². The van der Waals surface area contributed by atoms with Crippen LogP contribution in [-0.2, 0) is 32.9 Å². The number of rotatable bonds is 8. The zero-order valence-electron chi connectivity index (χ0n) is 18.3. The monoisotopic (exact) mass is 487 g/mol. The van der Waals surface area contributed by atoms with E-state index in [1.807, 2.05) is 5.38 Å². The number of esters is 1. The minimum absolute atomic E-state index is 0.151. The van der Waals surface area contributed by atoms with Crippen LogP contribution in [0, 0.1) is 13.8 Å². The summed E-state index contributed by atoms with van der Waals surface area (Å²) in [6.45, 7) is 6.38. The number of hydrogen-bond donors (Lipinski definition) is 1. The molecule has 32 heavy (non-hydrogen) atoms. The van der Waals surface area contributed by atoms with E-state index >= 15 is 0 Å². The van der Waals surface area contributed by atoms with Crippen molar-refractivity contribution in [1.29, 1.82) is 0 Å². The first-order chi connectivity index (χ1) is 15.4. The van der Waals surface area contributed by atoms with Crippen LogP contribution in [0.3, 0.4) is 0 Å². The summed E-state index contributed by atoms with van der Waals surface area (Å²) in [4.78, 5) is 34.8. The van der Waals surface area contributed by atoms with Crippen molar-refractivity contribution >= 4 is 51.4 Å². The van der Waals surface area contributed by atoms with E-state index in [4.69, 9.17) is 4.74 Å². The molecule has 4 rings (SSSR count). The highest BCUT2D eigenvalue weighted by Crippen LogP contribution is 2.39. The number of aromatic nitrogens is 2. The maximum Gasteiger partial charge on any atom is 0.315 e. The fourth-order valence-electron chi connectivity index (χ4n) is 3.61. The minimum Gasteiger partial charge on any atom is -0.465 e. The second-order valence-electron chi connectivity index (χ2n) is 7.72. The summed E-state index contributed by atoms with van der Waals surface area (Å²) in [5, 5.41) is 5.34. The van der Waals surface area contributed by atoms with Gasteiger partial charge in [-0.1, -0.05) is 35.5 Å². The molecule has 0 bridgehead atoms. The second-order valence-corrected chi connectivity index (χ2v) is 10.9. The molecule has 1 atom stereocenters. The van der Waals surface area contributed by atoms with E-state index in [1.54, 1.807) is 30.0 Å². The molecule has 1 unspecified atom stereocenters. The minimum atomic E-state index is -0.318. The molecule has 0 saturated heterocycles. The molecule has 2 aromatic heterocycles. The van der Waals surface area contributed by atoms with Crippen LogP contribution in [-0.4, -0.2) is 28.5 Å². The zero-order chi connectivity index (χ0) is 22.7. The van der Waals surface area contributed by atoms with Crippen molar-refractivity contribution in [3.05, 3.63) is 56.5 Å². The number of aryl methyl sites for hydroxylation is 3. The number of thioether (sulfide) groups is 1. The number of carbonyl (C=O) groups excluding carboxylic acids is 2. The Morgan fingerprint density at radius 3 is 2.94 bits per heavy atom. The van der Waals surface area contributed by atoms with Crippen LogP contribution >= 0.6 is 34.4 Å². The number of thiazole rings is 2. The average molecular weight is 488 g/mol. The van der Waals surface area contributed by atoms with Crippen molar-refractivity contribution in [2.24, 2.45) is 0 Å². The molecule has 3 aromatic rings. The number of nitrogens with one attached hydrogen (secondary N) is 1. The molecule has 2 heterocycles. The lowest BCUT2D eigenvalue weighted by atomic mass is 10.1. The van der Waals surface area contributed by atoms with Gasteiger partial charge < -0.3 is 10.1 Å². The highest BCUT2D eigenvalue weighted by Gasteiger charge is 2.33. The summed E-state index contributed by atoms with van der Waals surface area (Å²) in [5.41, 5.74) is 5.35. The molecular weight excluding hydrogens is 462 g/mol. The van der Waals surface area contributed by atoms with Gasteiger partial charge in [0.15, 0.2) is 5.13 Å². The largest absolute Gasteiger partial charge is 0.465 e. The Bertz CT molecular complexity index is 1140. The van der Waals surface area contributed by atoms with Gasteiger partial charge in [0.2, 0.25) is 5.91 Å². The van der Waals surface area contributed by atoms with E-state index in [2.05, 4.69) is 47.3 Å². The Hall–Kier alpha value is -2.23. The number of fused-ring (bicyclic) bond motifs is 1. The van der Waals surface area contributed by atoms with E-state index < -0.39 is 0 Å². The number of benzene rings is 1. The summed E-state index contributed by atoms with van der Waals surface area (Å²) < 4.78 is 6.10. The first-order valence-electron chi connectivity index (χ1n) is 10.5. The van der Waals surface area contributed by atoms with Crippen LogP contribution < -0.4 is 5.32 Å². The maximum absolute atomic E-state index is 12.5. The van der Waals surface area contributed by atoms with Crippen molar-refractivity contribution in [2.45, 2.75) is 56.0 Å². The van der Waals surface area contributed by atoms with Gasteiger partial charge in [0.1, 0.15) is 10.3 Å². The molecule has 1 amide bonds. The summed E-state index contributed by atoms with van der Waals surface area (Å²) in [7, 11) is 0. The lowest BCUT2D eigenvalue weighted by molar-refractivity contribution is -0.145. The Balaban J connectivity index is 1.32. The maximum atomic E-state index is 12.5. The first kappa shape index (κ1) is 22.9. The van der Waals surface area contributed by atoms with Crippen LogP contribution in [0.25, 0.3) is 0 Å². The molecule has 0 radical (unpaired) electrons. The fraction of sp³-hybridized carbons (Fsp3) is 0.391. The van der Waals surface area contributed by atoms with Crippen LogP contribution in [0.5, 0.6) is 0 Å². The van der Waals surface area contributed by atoms with E-state index in [-0.39, 0.29) is 24.2 Å². The van der Waals surface area contributed by atoms with Crippen LogP contribution in [0.4, 0.5) is 5.13 Å². The van der Waals surface area contributed by atoms with Crippen molar-refractivity contribution in [3.8, 4) is 0 Å². The lowest BCUT2D eigenvalue weighted by Crippen LogP contribution is -2.16. The van der Waals surface area contributed by atoms with Crippen molar-refractivity contribution in [2.75, 3.05) is 11.9 Å². The lowest BCUT2D eigenvalue weighted by Gasteiger charge is -2.07. The Morgan fingerprint density at radius 1 is 1.28 bits per heavy atom. The summed E-state index contributed by atoms with van der Waals surface area (Å²) in [6, 6.07) is 6.48. The molecule has 9 heteroatoms. The fourth-order valence-corrected chi connectivity index (χ4v) is 6.57. The zero-order valence-corrected chi connectivity index (χ0v) is 20.7. The summed E-state index contributed by atoms with van der Waals surface area (Å²) in [5.74, 6) is 0.158. The smallest absolute Gasteiger partial charge is 0.315 e. The van der Waals surface area contributed by atoms with E-state index in [0.29, 0.717) is 11.7 Å². The van der Waals surface area contributed by atoms with Crippen molar-refractivity contribution < 1.29 is 14.3 Å². The average Bonchev–Trinajstić information content (AvgIpc) is 3.45. The molecule has 1 aromatic carbocycles. The van der Waals surface area contributed by atoms with E-state index in [0.717, 1.165) is 39.2 Å². The summed E-state index contributed by atoms with van der Waals surface area (Å²) >= 11 is 4.70. The van der Waals surface area contributed by atoms with Gasteiger partial charge in [0.05, 0.1) is 24.4 Å². The van der Waals surface area contributed by atoms with Crippen molar-refractivity contribution in [3.63, 3.8) is 0 Å². The van der Waals surface area contributed by atoms with Gasteiger partial charge in [0, 0.05) is 16.0 Å². The predicted octanol–water partition coefficient (Wildman–Crippen LogP) is 5.28. The molecule has 1 aliphatic rings. The Kier molecular flexibility index (Phi) is 7.27. The van der Waals surface area contributed by atoms with Crippen LogP contribution in [0.1, 0.15) is 52.2 Å². The highest BCUT2D eigenvalue weighted by atomic mass is 32.2. The summed E-state index contributed by atoms with van der Waals surface area (Å²) in [6.07, 6.45) is 1.72. The molecule has 168 valence electrons. The Morgan fingerprint density at radius 2 is 2.12 bits per heavy atom. The number of hydrogen-bond acceptors (Lipinski definition) is 8. The second kappa shape index (κ2) is 10.1. The number of amides is 1. The SMILES string of the molecule is CCOC(=O)C1CCc2sc(NC(=O)Cc3csc(SCc4cc(C)ccc4C)n3)nc21. The third-order valence-electron chi connectivity index (χ3n) is 5.26. The van der Waals surface area contributed by atoms with Gasteiger partial charge in [-0.2, -0.15) is 0 Å². The number of anilines is 1. The molecule has 0 saturated carbocycles. The molecule has 0 fully saturated rings. The quantitative estimate of drug-likeness (QED) is 0.344. The number of carbonyl (C=O) groups is 2. The van der Waals surface area contributed by atoms with E-state index in [1.165, 1.54) is 28.0 Å². The third kappa shape index (κ3) is 5.39. The van der Waals surface area contributed by atoms with E-state index in [9.17, 15) is 9.59 Å². The molecule has 0 aliphatic heterocycles. The number of nitrogens with zero attached hydrogens (tertiary/aromatic N) is 2. The molecular formula is C23H25N3O3S3. The first-order valence-corrected chi connectivity index (χ1v) is 13.2. The number of ether oxygens (including phenoxy) is 1. The van der Waals surface area contributed by atoms with Gasteiger partial charge in [-0.15, -0.1) is 22.7 Å². The molecule has 1 N–H and O–H groups in total.